The van der Waals surface area contributed by atoms with Gasteiger partial charge in [-0.1, -0.05) is 19.0 Å². The van der Waals surface area contributed by atoms with Gasteiger partial charge < -0.3 is 16.3 Å². The molecule has 0 aromatic rings. The van der Waals surface area contributed by atoms with E-state index in [1.807, 2.05) is 0 Å². The normalized spacial score (nSPS) is 22.9. The third-order valence-corrected chi connectivity index (χ3v) is 3.28. The molecule has 15 heavy (non-hydrogen) atoms. The van der Waals surface area contributed by atoms with Crippen molar-refractivity contribution in [2.45, 2.75) is 52.0 Å². The molecule has 0 aromatic carbocycles. The van der Waals surface area contributed by atoms with Crippen molar-refractivity contribution in [3.63, 3.8) is 0 Å². The average molecular weight is 213 g/mol. The predicted molar refractivity (Wildman–Crippen MR) is 62.1 cm³/mol. The van der Waals surface area contributed by atoms with E-state index < -0.39 is 0 Å². The van der Waals surface area contributed by atoms with Crippen LogP contribution in [0.3, 0.4) is 0 Å². The van der Waals surface area contributed by atoms with Gasteiger partial charge in [-0.15, -0.1) is 0 Å². The molecule has 0 saturated heterocycles. The molecule has 4 N–H and O–H groups in total. The van der Waals surface area contributed by atoms with Crippen LogP contribution in [-0.2, 0) is 0 Å². The van der Waals surface area contributed by atoms with Crippen LogP contribution in [0.15, 0.2) is 5.16 Å². The number of nitrogens with zero attached hydrogens (tertiary/aromatic N) is 1. The zero-order valence-corrected chi connectivity index (χ0v) is 9.79. The topological polar surface area (TPSA) is 70.6 Å². The molecular formula is C11H23N3O. The Morgan fingerprint density at radius 3 is 2.60 bits per heavy atom. The molecule has 0 aromatic heterocycles. The van der Waals surface area contributed by atoms with E-state index in [0.717, 1.165) is 6.54 Å². The summed E-state index contributed by atoms with van der Waals surface area (Å²) >= 11 is 0. The highest BCUT2D eigenvalue weighted by Crippen LogP contribution is 2.34. The van der Waals surface area contributed by atoms with Crippen molar-refractivity contribution in [3.8, 4) is 0 Å². The first kappa shape index (κ1) is 12.3. The number of hydrogen-bond acceptors (Lipinski definition) is 3. The fourth-order valence-corrected chi connectivity index (χ4v) is 2.06. The van der Waals surface area contributed by atoms with Crippen molar-refractivity contribution in [2.75, 3.05) is 6.54 Å². The largest absolute Gasteiger partial charge is 0.409 e. The highest BCUT2D eigenvalue weighted by molar-refractivity contribution is 5.79. The van der Waals surface area contributed by atoms with E-state index in [9.17, 15) is 0 Å². The van der Waals surface area contributed by atoms with Gasteiger partial charge in [-0.2, -0.15) is 0 Å². The van der Waals surface area contributed by atoms with E-state index in [1.165, 1.54) is 25.7 Å². The quantitative estimate of drug-likeness (QED) is 0.288. The van der Waals surface area contributed by atoms with Crippen molar-refractivity contribution in [2.24, 2.45) is 16.3 Å². The van der Waals surface area contributed by atoms with Crippen LogP contribution in [0.1, 0.15) is 46.0 Å². The zero-order chi connectivity index (χ0) is 11.3. The van der Waals surface area contributed by atoms with Gasteiger partial charge in [0.2, 0.25) is 0 Å². The maximum Gasteiger partial charge on any atom is 0.140 e. The van der Waals surface area contributed by atoms with Gasteiger partial charge in [0.05, 0.1) is 0 Å². The first-order valence-electron chi connectivity index (χ1n) is 5.73. The van der Waals surface area contributed by atoms with Gasteiger partial charge in [-0.05, 0) is 31.1 Å². The van der Waals surface area contributed by atoms with Gasteiger partial charge in [0, 0.05) is 19.0 Å². The molecule has 88 valence electrons. The molecule has 1 aliphatic carbocycles. The van der Waals surface area contributed by atoms with Gasteiger partial charge in [-0.25, -0.2) is 0 Å². The maximum absolute atomic E-state index is 8.38. The zero-order valence-electron chi connectivity index (χ0n) is 9.79. The van der Waals surface area contributed by atoms with Crippen LogP contribution in [0.25, 0.3) is 0 Å². The van der Waals surface area contributed by atoms with E-state index in [0.29, 0.717) is 23.7 Å². The Bertz CT molecular complexity index is 216. The minimum atomic E-state index is 0.304. The van der Waals surface area contributed by atoms with E-state index in [2.05, 4.69) is 24.3 Å². The predicted octanol–water partition coefficient (Wildman–Crippen LogP) is 1.68. The number of oxime groups is 1. The van der Waals surface area contributed by atoms with Crippen LogP contribution in [0.5, 0.6) is 0 Å². The van der Waals surface area contributed by atoms with Crippen LogP contribution in [0.4, 0.5) is 0 Å². The molecule has 0 unspecified atom stereocenters. The monoisotopic (exact) mass is 213 g/mol. The summed E-state index contributed by atoms with van der Waals surface area (Å²) in [7, 11) is 0. The smallest absolute Gasteiger partial charge is 0.140 e. The molecule has 0 spiro atoms. The summed E-state index contributed by atoms with van der Waals surface area (Å²) in [5, 5.41) is 14.8. The Hall–Kier alpha value is -0.770. The lowest BCUT2D eigenvalue weighted by Gasteiger charge is -2.34. The van der Waals surface area contributed by atoms with E-state index in [4.69, 9.17) is 10.9 Å². The fourth-order valence-electron chi connectivity index (χ4n) is 2.06. The maximum atomic E-state index is 8.38. The Labute approximate surface area is 91.9 Å². The summed E-state index contributed by atoms with van der Waals surface area (Å²) in [6.07, 6.45) is 5.67. The highest BCUT2D eigenvalue weighted by atomic mass is 16.4. The number of nitrogens with two attached hydrogens (primary N) is 1. The summed E-state index contributed by atoms with van der Waals surface area (Å²) < 4.78 is 0. The molecule has 4 nitrogen and oxygen atoms in total. The molecule has 0 heterocycles. The Kier molecular flexibility index (Phi) is 4.39. The first-order valence-corrected chi connectivity index (χ1v) is 5.73. The molecule has 0 aliphatic heterocycles. The summed E-state index contributed by atoms with van der Waals surface area (Å²) in [5.74, 6) is 0.304. The van der Waals surface area contributed by atoms with Crippen molar-refractivity contribution in [1.82, 2.24) is 5.32 Å². The van der Waals surface area contributed by atoms with Crippen LogP contribution >= 0.6 is 0 Å². The molecule has 0 atom stereocenters. The third-order valence-electron chi connectivity index (χ3n) is 3.28. The molecule has 1 fully saturated rings. The van der Waals surface area contributed by atoms with Gasteiger partial charge >= 0.3 is 0 Å². The van der Waals surface area contributed by atoms with Gasteiger partial charge in [0.25, 0.3) is 0 Å². The van der Waals surface area contributed by atoms with Crippen LogP contribution in [0.2, 0.25) is 0 Å². The summed E-state index contributed by atoms with van der Waals surface area (Å²) in [4.78, 5) is 0. The molecule has 1 saturated carbocycles. The third kappa shape index (κ3) is 4.51. The van der Waals surface area contributed by atoms with Crippen LogP contribution < -0.4 is 11.1 Å². The van der Waals surface area contributed by atoms with E-state index in [-0.39, 0.29) is 0 Å². The molecule has 0 amide bonds. The number of nitrogens with one attached hydrogen (secondary N) is 1. The SMILES string of the molecule is CC1(C)CCC(NCCC(N)=NO)CC1. The molecule has 4 heteroatoms. The minimum Gasteiger partial charge on any atom is -0.409 e. The number of rotatable bonds is 4. The second-order valence-corrected chi connectivity index (χ2v) is 5.23. The second kappa shape index (κ2) is 5.35. The first-order chi connectivity index (χ1) is 7.03. The van der Waals surface area contributed by atoms with Gasteiger partial charge in [-0.3, -0.25) is 0 Å². The Morgan fingerprint density at radius 2 is 2.07 bits per heavy atom. The van der Waals surface area contributed by atoms with Crippen LogP contribution in [0, 0.1) is 5.41 Å². The van der Waals surface area contributed by atoms with E-state index in [1.54, 1.807) is 0 Å². The van der Waals surface area contributed by atoms with Crippen molar-refractivity contribution < 1.29 is 5.21 Å². The Morgan fingerprint density at radius 1 is 1.47 bits per heavy atom. The fraction of sp³-hybridized carbons (Fsp3) is 0.909. The van der Waals surface area contributed by atoms with Crippen molar-refractivity contribution >= 4 is 5.84 Å². The van der Waals surface area contributed by atoms with Crippen LogP contribution in [-0.4, -0.2) is 23.6 Å². The standard InChI is InChI=1S/C11H23N3O/c1-11(2)6-3-9(4-7-11)13-8-5-10(12)14-15/h9,13,15H,3-8H2,1-2H3,(H2,12,14). The number of amidine groups is 1. The Balaban J connectivity index is 2.14. The van der Waals surface area contributed by atoms with Crippen molar-refractivity contribution in [3.05, 3.63) is 0 Å². The minimum absolute atomic E-state index is 0.304. The molecule has 1 rings (SSSR count). The average Bonchev–Trinajstić information content (AvgIpc) is 2.20. The summed E-state index contributed by atoms with van der Waals surface area (Å²) in [6, 6.07) is 0.615. The molecule has 0 radical (unpaired) electrons. The summed E-state index contributed by atoms with van der Waals surface area (Å²) in [5.41, 5.74) is 5.91. The van der Waals surface area contributed by atoms with Crippen molar-refractivity contribution in [1.29, 1.82) is 0 Å². The molecule has 0 bridgehead atoms. The lowest BCUT2D eigenvalue weighted by molar-refractivity contribution is 0.207. The second-order valence-electron chi connectivity index (χ2n) is 5.23. The lowest BCUT2D eigenvalue weighted by atomic mass is 9.75. The van der Waals surface area contributed by atoms with Gasteiger partial charge in [0.1, 0.15) is 5.84 Å². The molecular weight excluding hydrogens is 190 g/mol. The lowest BCUT2D eigenvalue weighted by Crippen LogP contribution is -2.37. The summed E-state index contributed by atoms with van der Waals surface area (Å²) in [6.45, 7) is 5.47. The van der Waals surface area contributed by atoms with E-state index >= 15 is 0 Å². The highest BCUT2D eigenvalue weighted by Gasteiger charge is 2.26. The van der Waals surface area contributed by atoms with Gasteiger partial charge in [0.15, 0.2) is 0 Å². The number of hydrogen-bond donors (Lipinski definition) is 3. The molecule has 1 aliphatic rings.